The number of carbonyl (C=O) groups excluding carboxylic acids is 2. The number of nitrogens with zero attached hydrogens (tertiary/aromatic N) is 2. The number of aromatic nitrogens is 1. The summed E-state index contributed by atoms with van der Waals surface area (Å²) in [5, 5.41) is 2.98. The van der Waals surface area contributed by atoms with E-state index in [-0.39, 0.29) is 29.1 Å². The standard InChI is InChI=1S/C21H18ClFN4O2/c22-19-18(20(24)28)16-12-26(21(29)25-14-8-6-13(23)7-9-14)11-10-17(16)27(19)15-4-2-1-3-5-15/h1-9H,10-12H2,(H2,24,28)(H,25,29). The number of nitrogens with one attached hydrogen (secondary N) is 1. The Hall–Kier alpha value is -3.32. The minimum absolute atomic E-state index is 0.195. The van der Waals surface area contributed by atoms with Gasteiger partial charge in [0.05, 0.1) is 12.1 Å². The van der Waals surface area contributed by atoms with E-state index >= 15 is 0 Å². The summed E-state index contributed by atoms with van der Waals surface area (Å²) in [6.45, 7) is 0.631. The van der Waals surface area contributed by atoms with Crippen LogP contribution in [0.4, 0.5) is 14.9 Å². The number of hydrogen-bond acceptors (Lipinski definition) is 2. The van der Waals surface area contributed by atoms with Crippen LogP contribution in [0.15, 0.2) is 54.6 Å². The number of urea groups is 1. The van der Waals surface area contributed by atoms with Gasteiger partial charge in [-0.3, -0.25) is 4.79 Å². The van der Waals surface area contributed by atoms with Crippen molar-refractivity contribution in [3.05, 3.63) is 82.4 Å². The number of nitrogens with two attached hydrogens (primary N) is 1. The van der Waals surface area contributed by atoms with Gasteiger partial charge in [-0.15, -0.1) is 0 Å². The van der Waals surface area contributed by atoms with Crippen molar-refractivity contribution in [2.75, 3.05) is 11.9 Å². The van der Waals surface area contributed by atoms with Crippen molar-refractivity contribution >= 4 is 29.2 Å². The quantitative estimate of drug-likeness (QED) is 0.682. The molecule has 0 aliphatic carbocycles. The van der Waals surface area contributed by atoms with E-state index < -0.39 is 5.91 Å². The highest BCUT2D eigenvalue weighted by molar-refractivity contribution is 6.33. The second kappa shape index (κ2) is 7.60. The van der Waals surface area contributed by atoms with E-state index in [2.05, 4.69) is 5.32 Å². The number of hydrogen-bond donors (Lipinski definition) is 2. The number of para-hydroxylation sites is 1. The monoisotopic (exact) mass is 412 g/mol. The van der Waals surface area contributed by atoms with E-state index in [9.17, 15) is 14.0 Å². The van der Waals surface area contributed by atoms with Crippen LogP contribution in [-0.4, -0.2) is 28.0 Å². The maximum atomic E-state index is 13.1. The molecular formula is C21H18ClFN4O2. The molecule has 0 fully saturated rings. The number of anilines is 1. The van der Waals surface area contributed by atoms with Gasteiger partial charge in [-0.05, 0) is 36.4 Å². The largest absolute Gasteiger partial charge is 0.365 e. The fourth-order valence-corrected chi connectivity index (χ4v) is 3.99. The van der Waals surface area contributed by atoms with Crippen LogP contribution >= 0.6 is 11.6 Å². The first kappa shape index (κ1) is 19.0. The molecule has 1 aliphatic rings. The third-order valence-corrected chi connectivity index (χ3v) is 5.29. The van der Waals surface area contributed by atoms with Gasteiger partial charge >= 0.3 is 6.03 Å². The smallest absolute Gasteiger partial charge is 0.322 e. The maximum absolute atomic E-state index is 13.1. The van der Waals surface area contributed by atoms with E-state index in [4.69, 9.17) is 17.3 Å². The zero-order valence-corrected chi connectivity index (χ0v) is 16.1. The second-order valence-electron chi connectivity index (χ2n) is 6.73. The summed E-state index contributed by atoms with van der Waals surface area (Å²) in [6, 6.07) is 14.6. The molecule has 1 aliphatic heterocycles. The molecule has 0 bridgehead atoms. The molecular weight excluding hydrogens is 395 g/mol. The van der Waals surface area contributed by atoms with Crippen LogP contribution in [0.25, 0.3) is 5.69 Å². The van der Waals surface area contributed by atoms with E-state index in [1.807, 2.05) is 34.9 Å². The van der Waals surface area contributed by atoms with E-state index in [0.29, 0.717) is 24.2 Å². The van der Waals surface area contributed by atoms with E-state index in [1.165, 1.54) is 24.3 Å². The first-order chi connectivity index (χ1) is 14.0. The van der Waals surface area contributed by atoms with Crippen LogP contribution in [0, 0.1) is 5.82 Å². The molecule has 0 atom stereocenters. The lowest BCUT2D eigenvalue weighted by atomic mass is 10.0. The number of fused-ring (bicyclic) bond motifs is 1. The Morgan fingerprint density at radius 3 is 2.41 bits per heavy atom. The molecule has 3 amide bonds. The Balaban J connectivity index is 1.66. The molecule has 29 heavy (non-hydrogen) atoms. The van der Waals surface area contributed by atoms with E-state index in [0.717, 1.165) is 11.4 Å². The molecule has 0 saturated heterocycles. The molecule has 0 radical (unpaired) electrons. The van der Waals surface area contributed by atoms with Gasteiger partial charge in [0.1, 0.15) is 11.0 Å². The van der Waals surface area contributed by atoms with Crippen molar-refractivity contribution in [3.63, 3.8) is 0 Å². The van der Waals surface area contributed by atoms with Crippen molar-refractivity contribution in [1.29, 1.82) is 0 Å². The molecule has 6 nitrogen and oxygen atoms in total. The fourth-order valence-electron chi connectivity index (χ4n) is 3.58. The summed E-state index contributed by atoms with van der Waals surface area (Å²) in [6.07, 6.45) is 0.508. The molecule has 0 spiro atoms. The summed E-state index contributed by atoms with van der Waals surface area (Å²) in [5.41, 5.74) is 8.64. The zero-order valence-electron chi connectivity index (χ0n) is 15.4. The number of benzene rings is 2. The Labute approximate surface area is 171 Å². The molecule has 3 aromatic rings. The van der Waals surface area contributed by atoms with E-state index in [1.54, 1.807) is 4.90 Å². The SMILES string of the molecule is NC(=O)c1c2c(n(-c3ccccc3)c1Cl)CCN(C(=O)Nc1ccc(F)cc1)C2. The van der Waals surface area contributed by atoms with Gasteiger partial charge in [0, 0.05) is 35.6 Å². The highest BCUT2D eigenvalue weighted by Gasteiger charge is 2.31. The van der Waals surface area contributed by atoms with Crippen molar-refractivity contribution in [2.45, 2.75) is 13.0 Å². The lowest BCUT2D eigenvalue weighted by Gasteiger charge is -2.28. The number of rotatable bonds is 3. The predicted molar refractivity (Wildman–Crippen MR) is 109 cm³/mol. The number of amides is 3. The van der Waals surface area contributed by atoms with Crippen LogP contribution in [-0.2, 0) is 13.0 Å². The fraction of sp³-hybridized carbons (Fsp3) is 0.143. The summed E-state index contributed by atoms with van der Waals surface area (Å²) < 4.78 is 14.9. The van der Waals surface area contributed by atoms with Gasteiger partial charge in [0.15, 0.2) is 0 Å². The van der Waals surface area contributed by atoms with Crippen LogP contribution in [0.2, 0.25) is 5.15 Å². The van der Waals surface area contributed by atoms with Gasteiger partial charge in [0.25, 0.3) is 5.91 Å². The van der Waals surface area contributed by atoms with Crippen molar-refractivity contribution in [2.24, 2.45) is 5.73 Å². The molecule has 148 valence electrons. The van der Waals surface area contributed by atoms with Gasteiger partial charge < -0.3 is 20.5 Å². The Morgan fingerprint density at radius 2 is 1.76 bits per heavy atom. The predicted octanol–water partition coefficient (Wildman–Crippen LogP) is 3.96. The summed E-state index contributed by atoms with van der Waals surface area (Å²) in [5.74, 6) is -1.02. The van der Waals surface area contributed by atoms with Gasteiger partial charge in [0.2, 0.25) is 0 Å². The molecule has 0 saturated carbocycles. The van der Waals surface area contributed by atoms with Crippen LogP contribution in [0.3, 0.4) is 0 Å². The molecule has 2 heterocycles. The number of halogens is 2. The third kappa shape index (κ3) is 3.56. The van der Waals surface area contributed by atoms with Crippen molar-refractivity contribution < 1.29 is 14.0 Å². The molecule has 8 heteroatoms. The van der Waals surface area contributed by atoms with Gasteiger partial charge in [-0.2, -0.15) is 0 Å². The second-order valence-corrected chi connectivity index (χ2v) is 7.09. The zero-order chi connectivity index (χ0) is 20.5. The average molecular weight is 413 g/mol. The maximum Gasteiger partial charge on any atom is 0.322 e. The van der Waals surface area contributed by atoms with Gasteiger partial charge in [-0.25, -0.2) is 9.18 Å². The first-order valence-corrected chi connectivity index (χ1v) is 9.42. The number of carbonyl (C=O) groups is 2. The third-order valence-electron chi connectivity index (χ3n) is 4.93. The summed E-state index contributed by atoms with van der Waals surface area (Å²) >= 11 is 6.53. The summed E-state index contributed by atoms with van der Waals surface area (Å²) in [4.78, 5) is 26.4. The minimum Gasteiger partial charge on any atom is -0.365 e. The highest BCUT2D eigenvalue weighted by atomic mass is 35.5. The Morgan fingerprint density at radius 1 is 1.07 bits per heavy atom. The lowest BCUT2D eigenvalue weighted by molar-refractivity contribution is 0.0998. The summed E-state index contributed by atoms with van der Waals surface area (Å²) in [7, 11) is 0. The molecule has 1 aromatic heterocycles. The molecule has 4 rings (SSSR count). The topological polar surface area (TPSA) is 80.4 Å². The molecule has 2 aromatic carbocycles. The van der Waals surface area contributed by atoms with Crippen LogP contribution < -0.4 is 11.1 Å². The minimum atomic E-state index is -0.637. The van der Waals surface area contributed by atoms with Crippen molar-refractivity contribution in [1.82, 2.24) is 9.47 Å². The first-order valence-electron chi connectivity index (χ1n) is 9.04. The Bertz CT molecular complexity index is 1080. The number of primary amides is 1. The lowest BCUT2D eigenvalue weighted by Crippen LogP contribution is -2.39. The average Bonchev–Trinajstić information content (AvgIpc) is 3.01. The van der Waals surface area contributed by atoms with Crippen LogP contribution in [0.1, 0.15) is 21.6 Å². The normalized spacial score (nSPS) is 13.1. The van der Waals surface area contributed by atoms with Crippen LogP contribution in [0.5, 0.6) is 0 Å². The van der Waals surface area contributed by atoms with Gasteiger partial charge in [-0.1, -0.05) is 29.8 Å². The molecule has 0 unspecified atom stereocenters. The highest BCUT2D eigenvalue weighted by Crippen LogP contribution is 2.34. The molecule has 3 N–H and O–H groups in total. The Kier molecular flexibility index (Phi) is 4.98. The van der Waals surface area contributed by atoms with Crippen molar-refractivity contribution in [3.8, 4) is 5.69 Å².